The van der Waals surface area contributed by atoms with Crippen LogP contribution in [0, 0.1) is 0 Å². The lowest BCUT2D eigenvalue weighted by Crippen LogP contribution is -1.87. The number of aromatic hydroxyl groups is 1. The maximum absolute atomic E-state index is 9.23. The average Bonchev–Trinajstić information content (AvgIpc) is 2.30. The summed E-state index contributed by atoms with van der Waals surface area (Å²) in [6.45, 7) is -0.102. The van der Waals surface area contributed by atoms with Crippen LogP contribution in [0.15, 0.2) is 36.4 Å². The van der Waals surface area contributed by atoms with Crippen molar-refractivity contribution in [3.8, 4) is 16.9 Å². The molecule has 0 amide bonds. The summed E-state index contributed by atoms with van der Waals surface area (Å²) in [6.07, 6.45) is 0. The number of hydrogen-bond donors (Lipinski definition) is 2. The second kappa shape index (κ2) is 4.96. The minimum Gasteiger partial charge on any atom is -0.508 e. The molecule has 0 saturated carbocycles. The van der Waals surface area contributed by atoms with Crippen molar-refractivity contribution < 1.29 is 10.2 Å². The average molecular weight is 269 g/mol. The highest BCUT2D eigenvalue weighted by Gasteiger charge is 2.10. The largest absolute Gasteiger partial charge is 0.508 e. The van der Waals surface area contributed by atoms with Gasteiger partial charge in [0.15, 0.2) is 0 Å². The summed E-state index contributed by atoms with van der Waals surface area (Å²) in [7, 11) is 0. The molecule has 4 heteroatoms. The van der Waals surface area contributed by atoms with Crippen molar-refractivity contribution in [2.24, 2.45) is 0 Å². The Hall–Kier alpha value is -1.22. The number of hydrogen-bond acceptors (Lipinski definition) is 2. The van der Waals surface area contributed by atoms with E-state index in [4.69, 9.17) is 28.3 Å². The summed E-state index contributed by atoms with van der Waals surface area (Å²) in [5.74, 6) is 0.188. The summed E-state index contributed by atoms with van der Waals surface area (Å²) in [6, 6.07) is 9.97. The molecule has 17 heavy (non-hydrogen) atoms. The van der Waals surface area contributed by atoms with Gasteiger partial charge in [0, 0.05) is 5.56 Å². The van der Waals surface area contributed by atoms with Crippen molar-refractivity contribution in [3.63, 3.8) is 0 Å². The van der Waals surface area contributed by atoms with Gasteiger partial charge >= 0.3 is 0 Å². The first kappa shape index (κ1) is 12.2. The van der Waals surface area contributed by atoms with E-state index < -0.39 is 0 Å². The summed E-state index contributed by atoms with van der Waals surface area (Å²) in [5.41, 5.74) is 2.19. The van der Waals surface area contributed by atoms with Crippen LogP contribution in [-0.2, 0) is 6.61 Å². The van der Waals surface area contributed by atoms with E-state index in [1.165, 1.54) is 0 Å². The fourth-order valence-electron chi connectivity index (χ4n) is 1.62. The molecule has 2 rings (SSSR count). The Morgan fingerprint density at radius 1 is 0.941 bits per heavy atom. The van der Waals surface area contributed by atoms with Gasteiger partial charge < -0.3 is 10.2 Å². The highest BCUT2D eigenvalue weighted by molar-refractivity contribution is 6.39. The van der Waals surface area contributed by atoms with Crippen molar-refractivity contribution in [1.29, 1.82) is 0 Å². The quantitative estimate of drug-likeness (QED) is 0.869. The van der Waals surface area contributed by atoms with Crippen LogP contribution in [0.25, 0.3) is 11.1 Å². The van der Waals surface area contributed by atoms with Crippen molar-refractivity contribution in [2.45, 2.75) is 6.61 Å². The highest BCUT2D eigenvalue weighted by Crippen LogP contribution is 2.36. The maximum Gasteiger partial charge on any atom is 0.115 e. The second-order valence-electron chi connectivity index (χ2n) is 3.64. The standard InChI is InChI=1S/C13H10Cl2O2/c14-11-5-8(7-16)6-12(15)13(11)9-1-3-10(17)4-2-9/h1-6,16-17H,7H2. The molecule has 2 nitrogen and oxygen atoms in total. The number of aliphatic hydroxyl groups excluding tert-OH is 1. The van der Waals surface area contributed by atoms with Crippen LogP contribution in [0.4, 0.5) is 0 Å². The molecule has 2 N–H and O–H groups in total. The van der Waals surface area contributed by atoms with E-state index in [9.17, 15) is 5.11 Å². The Morgan fingerprint density at radius 3 is 1.94 bits per heavy atom. The van der Waals surface area contributed by atoms with Gasteiger partial charge in [0.2, 0.25) is 0 Å². The Bertz CT molecular complexity index is 513. The fourth-order valence-corrected chi connectivity index (χ4v) is 2.37. The van der Waals surface area contributed by atoms with Crippen molar-refractivity contribution in [1.82, 2.24) is 0 Å². The monoisotopic (exact) mass is 268 g/mol. The van der Waals surface area contributed by atoms with Gasteiger partial charge in [-0.05, 0) is 35.4 Å². The van der Waals surface area contributed by atoms with E-state index in [1.54, 1.807) is 36.4 Å². The molecule has 0 aromatic heterocycles. The first-order chi connectivity index (χ1) is 8.11. The first-order valence-corrected chi connectivity index (χ1v) is 5.75. The van der Waals surface area contributed by atoms with Crippen LogP contribution in [0.2, 0.25) is 10.0 Å². The van der Waals surface area contributed by atoms with Gasteiger partial charge in [0.05, 0.1) is 16.7 Å². The van der Waals surface area contributed by atoms with E-state index in [0.29, 0.717) is 21.2 Å². The van der Waals surface area contributed by atoms with E-state index in [-0.39, 0.29) is 12.4 Å². The second-order valence-corrected chi connectivity index (χ2v) is 4.45. The molecule has 0 radical (unpaired) electrons. The molecule has 88 valence electrons. The van der Waals surface area contributed by atoms with Crippen molar-refractivity contribution in [2.75, 3.05) is 0 Å². The SMILES string of the molecule is OCc1cc(Cl)c(-c2ccc(O)cc2)c(Cl)c1. The lowest BCUT2D eigenvalue weighted by atomic mass is 10.0. The first-order valence-electron chi connectivity index (χ1n) is 5.00. The minimum absolute atomic E-state index is 0.102. The van der Waals surface area contributed by atoms with E-state index in [0.717, 1.165) is 5.56 Å². The zero-order chi connectivity index (χ0) is 12.4. The van der Waals surface area contributed by atoms with E-state index in [1.807, 2.05) is 0 Å². The van der Waals surface area contributed by atoms with Gasteiger partial charge in [-0.2, -0.15) is 0 Å². The number of benzene rings is 2. The third kappa shape index (κ3) is 2.55. The molecule has 2 aromatic rings. The predicted molar refractivity (Wildman–Crippen MR) is 69.5 cm³/mol. The Labute approximate surface area is 109 Å². The zero-order valence-electron chi connectivity index (χ0n) is 8.82. The fraction of sp³-hybridized carbons (Fsp3) is 0.0769. The van der Waals surface area contributed by atoms with Crippen LogP contribution in [0.5, 0.6) is 5.75 Å². The Morgan fingerprint density at radius 2 is 1.47 bits per heavy atom. The third-order valence-electron chi connectivity index (χ3n) is 2.44. The van der Waals surface area contributed by atoms with Gasteiger partial charge in [-0.25, -0.2) is 0 Å². The molecule has 0 aliphatic heterocycles. The predicted octanol–water partition coefficient (Wildman–Crippen LogP) is 3.86. The summed E-state index contributed by atoms with van der Waals surface area (Å²) < 4.78 is 0. The molecule has 0 aliphatic rings. The number of phenolic OH excluding ortho intramolecular Hbond substituents is 1. The van der Waals surface area contributed by atoms with Gasteiger partial charge in [0.1, 0.15) is 5.75 Å². The third-order valence-corrected chi connectivity index (χ3v) is 3.04. The van der Waals surface area contributed by atoms with Gasteiger partial charge in [-0.15, -0.1) is 0 Å². The molecule has 0 saturated heterocycles. The Kier molecular flexibility index (Phi) is 3.57. The highest BCUT2D eigenvalue weighted by atomic mass is 35.5. The summed E-state index contributed by atoms with van der Waals surface area (Å²) in [4.78, 5) is 0. The van der Waals surface area contributed by atoms with Crippen LogP contribution in [-0.4, -0.2) is 10.2 Å². The molecule has 0 spiro atoms. The van der Waals surface area contributed by atoms with Crippen molar-refractivity contribution in [3.05, 3.63) is 52.0 Å². The van der Waals surface area contributed by atoms with Crippen LogP contribution < -0.4 is 0 Å². The molecule has 0 atom stereocenters. The molecular formula is C13H10Cl2O2. The van der Waals surface area contributed by atoms with Crippen LogP contribution >= 0.6 is 23.2 Å². The summed E-state index contributed by atoms with van der Waals surface area (Å²) in [5, 5.41) is 19.2. The Balaban J connectivity index is 2.55. The minimum atomic E-state index is -0.102. The number of aliphatic hydroxyl groups is 1. The molecule has 0 aliphatic carbocycles. The van der Waals surface area contributed by atoms with Gasteiger partial charge in [-0.1, -0.05) is 35.3 Å². The lowest BCUT2D eigenvalue weighted by Gasteiger charge is -2.09. The molecule has 0 unspecified atom stereocenters. The molecule has 0 bridgehead atoms. The van der Waals surface area contributed by atoms with Crippen molar-refractivity contribution >= 4 is 23.2 Å². The van der Waals surface area contributed by atoms with Crippen LogP contribution in [0.3, 0.4) is 0 Å². The number of phenols is 1. The number of rotatable bonds is 2. The summed E-state index contributed by atoms with van der Waals surface area (Å²) >= 11 is 12.3. The van der Waals surface area contributed by atoms with Gasteiger partial charge in [0.25, 0.3) is 0 Å². The van der Waals surface area contributed by atoms with Gasteiger partial charge in [-0.3, -0.25) is 0 Å². The topological polar surface area (TPSA) is 40.5 Å². The van der Waals surface area contributed by atoms with E-state index >= 15 is 0 Å². The molecule has 0 fully saturated rings. The normalized spacial score (nSPS) is 10.5. The van der Waals surface area contributed by atoms with Crippen LogP contribution in [0.1, 0.15) is 5.56 Å². The maximum atomic E-state index is 9.23. The molecular weight excluding hydrogens is 259 g/mol. The lowest BCUT2D eigenvalue weighted by molar-refractivity contribution is 0.282. The molecule has 2 aromatic carbocycles. The van der Waals surface area contributed by atoms with E-state index in [2.05, 4.69) is 0 Å². The molecule has 0 heterocycles. The zero-order valence-corrected chi connectivity index (χ0v) is 10.3. The smallest absolute Gasteiger partial charge is 0.115 e. The number of halogens is 2.